The molecule has 0 spiro atoms. The summed E-state index contributed by atoms with van der Waals surface area (Å²) in [4.78, 5) is 0. The van der Waals surface area contributed by atoms with E-state index in [1.807, 2.05) is 29.0 Å². The van der Waals surface area contributed by atoms with Crippen LogP contribution in [0.15, 0.2) is 41.7 Å². The first kappa shape index (κ1) is 10.4. The molecule has 3 nitrogen and oxygen atoms in total. The van der Waals surface area contributed by atoms with Crippen molar-refractivity contribution in [1.82, 2.24) is 14.9 Å². The Balaban J connectivity index is 2.11. The van der Waals surface area contributed by atoms with E-state index in [9.17, 15) is 0 Å². The number of hydrogen-bond donors (Lipinski definition) is 1. The van der Waals surface area contributed by atoms with Crippen LogP contribution < -0.4 is 5.32 Å². The molecule has 2 heterocycles. The minimum Gasteiger partial charge on any atom is -0.308 e. The summed E-state index contributed by atoms with van der Waals surface area (Å²) >= 11 is 3.31. The van der Waals surface area contributed by atoms with Crippen LogP contribution >= 0.6 is 15.9 Å². The molecule has 0 saturated carbocycles. The van der Waals surface area contributed by atoms with Crippen LogP contribution in [0.1, 0.15) is 5.56 Å². The third-order valence-electron chi connectivity index (χ3n) is 2.14. The molecule has 0 atom stereocenters. The van der Waals surface area contributed by atoms with E-state index in [1.54, 1.807) is 0 Å². The van der Waals surface area contributed by atoms with Crippen molar-refractivity contribution in [3.8, 4) is 0 Å². The quantitative estimate of drug-likeness (QED) is 0.920. The maximum Gasteiger partial charge on any atom is 0.0706 e. The van der Waals surface area contributed by atoms with Crippen molar-refractivity contribution in [2.75, 3.05) is 6.54 Å². The number of aromatic nitrogens is 2. The van der Waals surface area contributed by atoms with E-state index in [0.717, 1.165) is 23.1 Å². The molecule has 78 valence electrons. The molecule has 0 amide bonds. The highest BCUT2D eigenvalue weighted by molar-refractivity contribution is 9.11. The van der Waals surface area contributed by atoms with Gasteiger partial charge in [-0.1, -0.05) is 28.6 Å². The van der Waals surface area contributed by atoms with Gasteiger partial charge in [0.15, 0.2) is 0 Å². The SMILES string of the molecule is C=C(Br)CNCc1cnn2ccccc12. The second kappa shape index (κ2) is 4.59. The average molecular weight is 266 g/mol. The fraction of sp³-hybridized carbons (Fsp3) is 0.182. The lowest BCUT2D eigenvalue weighted by molar-refractivity contribution is 0.761. The third-order valence-corrected chi connectivity index (χ3v) is 2.42. The van der Waals surface area contributed by atoms with Gasteiger partial charge >= 0.3 is 0 Å². The van der Waals surface area contributed by atoms with E-state index in [1.165, 1.54) is 5.56 Å². The zero-order valence-corrected chi connectivity index (χ0v) is 9.87. The van der Waals surface area contributed by atoms with Gasteiger partial charge in [0.05, 0.1) is 11.7 Å². The van der Waals surface area contributed by atoms with Crippen LogP contribution in [0.5, 0.6) is 0 Å². The van der Waals surface area contributed by atoms with Gasteiger partial charge in [0.2, 0.25) is 0 Å². The number of pyridine rings is 1. The fourth-order valence-electron chi connectivity index (χ4n) is 1.46. The fourth-order valence-corrected chi connectivity index (χ4v) is 1.65. The molecule has 2 rings (SSSR count). The van der Waals surface area contributed by atoms with Crippen molar-refractivity contribution in [2.24, 2.45) is 0 Å². The predicted molar refractivity (Wildman–Crippen MR) is 65.0 cm³/mol. The Morgan fingerprint density at radius 3 is 3.20 bits per heavy atom. The number of fused-ring (bicyclic) bond motifs is 1. The van der Waals surface area contributed by atoms with Crippen molar-refractivity contribution in [1.29, 1.82) is 0 Å². The summed E-state index contributed by atoms with van der Waals surface area (Å²) in [7, 11) is 0. The molecule has 0 radical (unpaired) electrons. The average Bonchev–Trinajstić information content (AvgIpc) is 2.62. The highest BCUT2D eigenvalue weighted by Gasteiger charge is 2.01. The summed E-state index contributed by atoms with van der Waals surface area (Å²) in [6.07, 6.45) is 3.83. The molecular weight excluding hydrogens is 254 g/mol. The van der Waals surface area contributed by atoms with Gasteiger partial charge in [0.1, 0.15) is 0 Å². The van der Waals surface area contributed by atoms with E-state index in [4.69, 9.17) is 0 Å². The van der Waals surface area contributed by atoms with Gasteiger partial charge in [-0.05, 0) is 12.1 Å². The smallest absolute Gasteiger partial charge is 0.0706 e. The zero-order chi connectivity index (χ0) is 10.7. The second-order valence-corrected chi connectivity index (χ2v) is 4.44. The van der Waals surface area contributed by atoms with Gasteiger partial charge in [-0.3, -0.25) is 0 Å². The predicted octanol–water partition coefficient (Wildman–Crippen LogP) is 2.33. The molecule has 2 aromatic heterocycles. The largest absolute Gasteiger partial charge is 0.308 e. The summed E-state index contributed by atoms with van der Waals surface area (Å²) < 4.78 is 2.83. The molecule has 0 aromatic carbocycles. The molecule has 0 unspecified atom stereocenters. The minimum atomic E-state index is 0.768. The highest BCUT2D eigenvalue weighted by atomic mass is 79.9. The summed E-state index contributed by atoms with van der Waals surface area (Å²) in [6, 6.07) is 6.05. The van der Waals surface area contributed by atoms with Crippen LogP contribution in [0.25, 0.3) is 5.52 Å². The van der Waals surface area contributed by atoms with Crippen molar-refractivity contribution in [2.45, 2.75) is 6.54 Å². The number of halogens is 1. The van der Waals surface area contributed by atoms with Crippen LogP contribution in [-0.4, -0.2) is 16.2 Å². The Morgan fingerprint density at radius 2 is 2.40 bits per heavy atom. The Kier molecular flexibility index (Phi) is 3.18. The molecular formula is C11H12BrN3. The summed E-state index contributed by atoms with van der Waals surface area (Å²) in [5, 5.41) is 7.54. The van der Waals surface area contributed by atoms with E-state index in [2.05, 4.69) is 39.0 Å². The van der Waals surface area contributed by atoms with Gasteiger partial charge in [-0.2, -0.15) is 5.10 Å². The van der Waals surface area contributed by atoms with Crippen molar-refractivity contribution in [3.05, 3.63) is 47.2 Å². The molecule has 4 heteroatoms. The van der Waals surface area contributed by atoms with E-state index in [0.29, 0.717) is 0 Å². The lowest BCUT2D eigenvalue weighted by Gasteiger charge is -2.01. The lowest BCUT2D eigenvalue weighted by Crippen LogP contribution is -2.14. The topological polar surface area (TPSA) is 29.3 Å². The summed E-state index contributed by atoms with van der Waals surface area (Å²) in [5.74, 6) is 0. The number of rotatable bonds is 4. The molecule has 0 aliphatic heterocycles. The molecule has 0 aliphatic carbocycles. The van der Waals surface area contributed by atoms with Gasteiger partial charge in [-0.15, -0.1) is 0 Å². The van der Waals surface area contributed by atoms with Crippen LogP contribution in [-0.2, 0) is 6.54 Å². The summed E-state index contributed by atoms with van der Waals surface area (Å²) in [5.41, 5.74) is 2.34. The molecule has 0 bridgehead atoms. The Bertz CT molecular complexity index is 475. The van der Waals surface area contributed by atoms with Gasteiger partial charge in [0, 0.05) is 29.3 Å². The minimum absolute atomic E-state index is 0.768. The first-order valence-electron chi connectivity index (χ1n) is 4.72. The van der Waals surface area contributed by atoms with Gasteiger partial charge in [-0.25, -0.2) is 4.52 Å². The molecule has 2 aromatic rings. The normalized spacial score (nSPS) is 10.7. The van der Waals surface area contributed by atoms with Gasteiger partial charge in [0.25, 0.3) is 0 Å². The maximum absolute atomic E-state index is 4.26. The molecule has 0 saturated heterocycles. The maximum atomic E-state index is 4.26. The van der Waals surface area contributed by atoms with Crippen LogP contribution in [0.4, 0.5) is 0 Å². The number of nitrogens with zero attached hydrogens (tertiary/aromatic N) is 2. The number of hydrogen-bond acceptors (Lipinski definition) is 2. The zero-order valence-electron chi connectivity index (χ0n) is 8.28. The molecule has 1 N–H and O–H groups in total. The van der Waals surface area contributed by atoms with Crippen LogP contribution in [0, 0.1) is 0 Å². The third kappa shape index (κ3) is 2.46. The second-order valence-electron chi connectivity index (χ2n) is 3.32. The lowest BCUT2D eigenvalue weighted by atomic mass is 10.2. The standard InChI is InChI=1S/C11H12BrN3/c1-9(12)6-13-7-10-8-14-15-5-3-2-4-11(10)15/h2-5,8,13H,1,6-7H2. The first-order valence-corrected chi connectivity index (χ1v) is 5.52. The van der Waals surface area contributed by atoms with Crippen molar-refractivity contribution >= 4 is 21.4 Å². The van der Waals surface area contributed by atoms with E-state index >= 15 is 0 Å². The van der Waals surface area contributed by atoms with E-state index in [-0.39, 0.29) is 0 Å². The van der Waals surface area contributed by atoms with Gasteiger partial charge < -0.3 is 5.32 Å². The molecule has 0 aliphatic rings. The first-order chi connectivity index (χ1) is 7.27. The summed E-state index contributed by atoms with van der Waals surface area (Å²) in [6.45, 7) is 5.34. The monoisotopic (exact) mass is 265 g/mol. The molecule has 15 heavy (non-hydrogen) atoms. The molecule has 0 fully saturated rings. The number of nitrogens with one attached hydrogen (secondary N) is 1. The van der Waals surface area contributed by atoms with Crippen LogP contribution in [0.3, 0.4) is 0 Å². The van der Waals surface area contributed by atoms with E-state index < -0.39 is 0 Å². The Hall–Kier alpha value is -1.13. The Morgan fingerprint density at radius 1 is 1.53 bits per heavy atom. The van der Waals surface area contributed by atoms with Crippen molar-refractivity contribution < 1.29 is 0 Å². The van der Waals surface area contributed by atoms with Crippen LogP contribution in [0.2, 0.25) is 0 Å². The van der Waals surface area contributed by atoms with Crippen molar-refractivity contribution in [3.63, 3.8) is 0 Å². The highest BCUT2D eigenvalue weighted by Crippen LogP contribution is 2.09. The Labute approximate surface area is 96.9 Å².